The molecule has 24 heavy (non-hydrogen) atoms. The molecule has 3 atom stereocenters. The predicted octanol–water partition coefficient (Wildman–Crippen LogP) is 3.08. The van der Waals surface area contributed by atoms with Gasteiger partial charge in [0.15, 0.2) is 0 Å². The Morgan fingerprint density at radius 1 is 1.21 bits per heavy atom. The van der Waals surface area contributed by atoms with E-state index in [1.54, 1.807) is 12.1 Å². The van der Waals surface area contributed by atoms with Gasteiger partial charge in [-0.3, -0.25) is 0 Å². The molecule has 1 aromatic carbocycles. The van der Waals surface area contributed by atoms with Crippen LogP contribution in [0.25, 0.3) is 11.0 Å². The van der Waals surface area contributed by atoms with Crippen molar-refractivity contribution in [3.05, 3.63) is 53.4 Å². The summed E-state index contributed by atoms with van der Waals surface area (Å²) in [6.07, 6.45) is 3.77. The molecule has 0 bridgehead atoms. The van der Waals surface area contributed by atoms with Crippen molar-refractivity contribution in [3.8, 4) is 0 Å². The van der Waals surface area contributed by atoms with Gasteiger partial charge < -0.3 is 20.1 Å². The quantitative estimate of drug-likeness (QED) is 0.762. The summed E-state index contributed by atoms with van der Waals surface area (Å²) >= 11 is 5.90. The first-order chi connectivity index (χ1) is 11.6. The zero-order chi connectivity index (χ0) is 16.7. The van der Waals surface area contributed by atoms with Crippen molar-refractivity contribution in [2.24, 2.45) is 0 Å². The highest BCUT2D eigenvalue weighted by Crippen LogP contribution is 2.37. The molecule has 124 valence electrons. The van der Waals surface area contributed by atoms with E-state index in [1.165, 1.54) is 6.33 Å². The molecule has 3 aromatic rings. The van der Waals surface area contributed by atoms with E-state index in [-0.39, 0.29) is 12.3 Å². The van der Waals surface area contributed by atoms with Crippen LogP contribution in [0.3, 0.4) is 0 Å². The smallest absolute Gasteiger partial charge is 0.147 e. The second kappa shape index (κ2) is 6.05. The molecule has 2 aromatic heterocycles. The molecule has 4 rings (SSSR count). The summed E-state index contributed by atoms with van der Waals surface area (Å²) in [5.74, 6) is 0.453. The van der Waals surface area contributed by atoms with Crippen molar-refractivity contribution < 1.29 is 9.84 Å². The van der Waals surface area contributed by atoms with E-state index in [0.717, 1.165) is 29.4 Å². The topological polar surface area (TPSA) is 86.2 Å². The molecule has 0 aliphatic carbocycles. The second-order valence-corrected chi connectivity index (χ2v) is 6.36. The van der Waals surface area contributed by atoms with Gasteiger partial charge in [-0.2, -0.15) is 0 Å². The molecule has 1 saturated heterocycles. The molecule has 1 fully saturated rings. The summed E-state index contributed by atoms with van der Waals surface area (Å²) in [5.41, 5.74) is 7.42. The summed E-state index contributed by atoms with van der Waals surface area (Å²) in [5, 5.41) is 12.0. The maximum Gasteiger partial charge on any atom is 0.147 e. The number of ether oxygens (including phenoxy) is 1. The molecule has 1 aliphatic rings. The van der Waals surface area contributed by atoms with Crippen LogP contribution in [0.15, 0.2) is 42.9 Å². The number of aromatic nitrogens is 3. The van der Waals surface area contributed by atoms with Gasteiger partial charge in [-0.1, -0.05) is 23.7 Å². The fraction of sp³-hybridized carbons (Fsp3) is 0.294. The average molecular weight is 345 g/mol. The number of rotatable bonds is 3. The minimum absolute atomic E-state index is 0.177. The van der Waals surface area contributed by atoms with Gasteiger partial charge in [0.2, 0.25) is 0 Å². The minimum atomic E-state index is -0.686. The van der Waals surface area contributed by atoms with E-state index in [0.29, 0.717) is 10.8 Å². The normalized spacial score (nSPS) is 22.1. The summed E-state index contributed by atoms with van der Waals surface area (Å²) in [6.45, 7) is 0. The van der Waals surface area contributed by atoms with E-state index in [9.17, 15) is 5.11 Å². The third-order valence-electron chi connectivity index (χ3n) is 4.44. The zero-order valence-corrected chi connectivity index (χ0v) is 13.6. The molecule has 3 heterocycles. The van der Waals surface area contributed by atoms with E-state index < -0.39 is 6.10 Å². The Kier molecular flexibility index (Phi) is 3.88. The first-order valence-corrected chi connectivity index (χ1v) is 8.17. The highest BCUT2D eigenvalue weighted by atomic mass is 35.5. The maximum absolute atomic E-state index is 10.6. The minimum Gasteiger partial charge on any atom is -0.386 e. The molecule has 1 aliphatic heterocycles. The highest BCUT2D eigenvalue weighted by Gasteiger charge is 2.33. The van der Waals surface area contributed by atoms with E-state index >= 15 is 0 Å². The molecule has 0 spiro atoms. The second-order valence-electron chi connectivity index (χ2n) is 5.92. The summed E-state index contributed by atoms with van der Waals surface area (Å²) in [4.78, 5) is 8.30. The monoisotopic (exact) mass is 344 g/mol. The number of aliphatic hydroxyl groups excluding tert-OH is 1. The van der Waals surface area contributed by atoms with Gasteiger partial charge in [-0.05, 0) is 36.6 Å². The number of anilines is 1. The number of fused-ring (bicyclic) bond motifs is 1. The average Bonchev–Trinajstić information content (AvgIpc) is 3.22. The van der Waals surface area contributed by atoms with E-state index in [1.807, 2.05) is 29.0 Å². The van der Waals surface area contributed by atoms with Crippen LogP contribution >= 0.6 is 11.6 Å². The van der Waals surface area contributed by atoms with Gasteiger partial charge in [-0.15, -0.1) is 0 Å². The van der Waals surface area contributed by atoms with E-state index in [4.69, 9.17) is 22.1 Å². The first-order valence-electron chi connectivity index (χ1n) is 7.79. The Morgan fingerprint density at radius 2 is 2.00 bits per heavy atom. The molecular weight excluding hydrogens is 328 g/mol. The Morgan fingerprint density at radius 3 is 2.79 bits per heavy atom. The van der Waals surface area contributed by atoms with Crippen LogP contribution in [0.5, 0.6) is 0 Å². The fourth-order valence-corrected chi connectivity index (χ4v) is 3.31. The van der Waals surface area contributed by atoms with Crippen molar-refractivity contribution in [1.82, 2.24) is 14.5 Å². The van der Waals surface area contributed by atoms with Crippen LogP contribution in [0.1, 0.15) is 30.7 Å². The molecule has 0 radical (unpaired) electrons. The molecule has 6 nitrogen and oxygen atoms in total. The number of nitrogen functional groups attached to an aromatic ring is 1. The van der Waals surface area contributed by atoms with Crippen LogP contribution in [0.2, 0.25) is 5.02 Å². The number of aliphatic hydroxyl groups is 1. The van der Waals surface area contributed by atoms with E-state index in [2.05, 4.69) is 9.97 Å². The summed E-state index contributed by atoms with van der Waals surface area (Å²) < 4.78 is 8.03. The summed E-state index contributed by atoms with van der Waals surface area (Å²) in [6, 6.07) is 9.07. The molecular formula is C17H17ClN4O2. The lowest BCUT2D eigenvalue weighted by atomic mass is 10.0. The van der Waals surface area contributed by atoms with Gasteiger partial charge >= 0.3 is 0 Å². The number of nitrogens with zero attached hydrogens (tertiary/aromatic N) is 3. The Bertz CT molecular complexity index is 865. The van der Waals surface area contributed by atoms with Gasteiger partial charge in [-0.25, -0.2) is 9.97 Å². The van der Waals surface area contributed by atoms with Crippen molar-refractivity contribution >= 4 is 28.5 Å². The lowest BCUT2D eigenvalue weighted by Crippen LogP contribution is -2.19. The number of benzene rings is 1. The van der Waals surface area contributed by atoms with Crippen LogP contribution in [0.4, 0.5) is 5.82 Å². The SMILES string of the molecule is Nc1ncnc2c1ccn2[C@H]1CC[C@@H]([C@H](O)c2ccc(Cl)cc2)O1. The highest BCUT2D eigenvalue weighted by molar-refractivity contribution is 6.30. The Labute approximate surface area is 143 Å². The number of hydrogen-bond donors (Lipinski definition) is 2. The third-order valence-corrected chi connectivity index (χ3v) is 4.70. The number of hydrogen-bond acceptors (Lipinski definition) is 5. The summed E-state index contributed by atoms with van der Waals surface area (Å²) in [7, 11) is 0. The zero-order valence-electron chi connectivity index (χ0n) is 12.8. The van der Waals surface area contributed by atoms with Crippen molar-refractivity contribution in [1.29, 1.82) is 0 Å². The number of halogens is 1. The lowest BCUT2D eigenvalue weighted by molar-refractivity contribution is -0.0590. The molecule has 0 unspecified atom stereocenters. The molecule has 3 N–H and O–H groups in total. The van der Waals surface area contributed by atoms with Crippen LogP contribution in [-0.4, -0.2) is 25.7 Å². The van der Waals surface area contributed by atoms with Crippen LogP contribution < -0.4 is 5.73 Å². The molecule has 7 heteroatoms. The molecule has 0 amide bonds. The largest absolute Gasteiger partial charge is 0.386 e. The predicted molar refractivity (Wildman–Crippen MR) is 91.5 cm³/mol. The van der Waals surface area contributed by atoms with Crippen molar-refractivity contribution in [2.45, 2.75) is 31.3 Å². The third kappa shape index (κ3) is 2.62. The molecule has 0 saturated carbocycles. The lowest BCUT2D eigenvalue weighted by Gasteiger charge is -2.20. The Balaban J connectivity index is 1.55. The maximum atomic E-state index is 10.6. The van der Waals surface area contributed by atoms with Gasteiger partial charge in [0.1, 0.15) is 30.1 Å². The Hall–Kier alpha value is -2.15. The fourth-order valence-electron chi connectivity index (χ4n) is 3.18. The number of nitrogens with two attached hydrogens (primary N) is 1. The van der Waals surface area contributed by atoms with Gasteiger partial charge in [0, 0.05) is 11.2 Å². The standard InChI is InChI=1S/C17H17ClN4O2/c18-11-3-1-10(2-4-11)15(23)13-5-6-14(24-13)22-8-7-12-16(19)20-9-21-17(12)22/h1-4,7-9,13-15,23H,5-6H2,(H2,19,20,21)/t13-,14+,15+/m0/s1. The first kappa shape index (κ1) is 15.4. The van der Waals surface area contributed by atoms with Crippen molar-refractivity contribution in [2.75, 3.05) is 5.73 Å². The van der Waals surface area contributed by atoms with Crippen LogP contribution in [-0.2, 0) is 4.74 Å². The van der Waals surface area contributed by atoms with Gasteiger partial charge in [0.05, 0.1) is 11.5 Å². The van der Waals surface area contributed by atoms with Gasteiger partial charge in [0.25, 0.3) is 0 Å². The van der Waals surface area contributed by atoms with Crippen LogP contribution in [0, 0.1) is 0 Å². The van der Waals surface area contributed by atoms with Crippen molar-refractivity contribution in [3.63, 3.8) is 0 Å².